The third-order valence-electron chi connectivity index (χ3n) is 4.94. The van der Waals surface area contributed by atoms with Gasteiger partial charge in [0.25, 0.3) is 0 Å². The standard InChI is InChI=1S/C18H34N4O/c1-2-19-18(22-16-10-4-3-5-11-16)21-13-12-20-17(23)14-15-8-6-7-9-15/h15-16H,2-14H2,1H3,(H,20,23)(H2,19,21,22). The maximum Gasteiger partial charge on any atom is 0.220 e. The van der Waals surface area contributed by atoms with E-state index in [2.05, 4.69) is 27.9 Å². The number of rotatable bonds is 7. The molecule has 0 aliphatic heterocycles. The summed E-state index contributed by atoms with van der Waals surface area (Å²) >= 11 is 0. The second-order valence-corrected chi connectivity index (χ2v) is 6.94. The monoisotopic (exact) mass is 322 g/mol. The van der Waals surface area contributed by atoms with Gasteiger partial charge in [-0.1, -0.05) is 32.1 Å². The zero-order valence-corrected chi connectivity index (χ0v) is 14.7. The molecule has 5 nitrogen and oxygen atoms in total. The highest BCUT2D eigenvalue weighted by molar-refractivity contribution is 5.80. The van der Waals surface area contributed by atoms with Crippen LogP contribution in [0.15, 0.2) is 4.99 Å². The van der Waals surface area contributed by atoms with Crippen molar-refractivity contribution in [2.24, 2.45) is 10.9 Å². The Bertz CT molecular complexity index is 371. The highest BCUT2D eigenvalue weighted by Gasteiger charge is 2.18. The van der Waals surface area contributed by atoms with Gasteiger partial charge >= 0.3 is 0 Å². The molecule has 23 heavy (non-hydrogen) atoms. The second kappa shape index (κ2) is 10.5. The van der Waals surface area contributed by atoms with Gasteiger partial charge in [0.1, 0.15) is 0 Å². The van der Waals surface area contributed by atoms with Gasteiger partial charge in [-0.15, -0.1) is 0 Å². The van der Waals surface area contributed by atoms with Crippen LogP contribution in [0.25, 0.3) is 0 Å². The van der Waals surface area contributed by atoms with Crippen molar-refractivity contribution in [3.8, 4) is 0 Å². The Morgan fingerprint density at radius 1 is 1.00 bits per heavy atom. The van der Waals surface area contributed by atoms with Gasteiger partial charge in [-0.3, -0.25) is 9.79 Å². The normalized spacial score (nSPS) is 20.5. The molecule has 0 heterocycles. The van der Waals surface area contributed by atoms with Gasteiger partial charge in [-0.25, -0.2) is 0 Å². The van der Waals surface area contributed by atoms with Crippen molar-refractivity contribution >= 4 is 11.9 Å². The molecule has 2 fully saturated rings. The average Bonchev–Trinajstić information content (AvgIpc) is 3.05. The fourth-order valence-electron chi connectivity index (χ4n) is 3.67. The summed E-state index contributed by atoms with van der Waals surface area (Å²) in [5.41, 5.74) is 0. The van der Waals surface area contributed by atoms with Crippen LogP contribution in [0.5, 0.6) is 0 Å². The van der Waals surface area contributed by atoms with E-state index < -0.39 is 0 Å². The van der Waals surface area contributed by atoms with Gasteiger partial charge in [-0.05, 0) is 38.5 Å². The third-order valence-corrected chi connectivity index (χ3v) is 4.94. The molecule has 5 heteroatoms. The second-order valence-electron chi connectivity index (χ2n) is 6.94. The molecule has 0 aromatic rings. The summed E-state index contributed by atoms with van der Waals surface area (Å²) in [5, 5.41) is 9.84. The first-order valence-corrected chi connectivity index (χ1v) is 9.59. The molecule has 0 atom stereocenters. The Morgan fingerprint density at radius 2 is 1.70 bits per heavy atom. The first kappa shape index (κ1) is 18.1. The molecule has 0 spiro atoms. The number of nitrogens with zero attached hydrogens (tertiary/aromatic N) is 1. The summed E-state index contributed by atoms with van der Waals surface area (Å²) in [5.74, 6) is 1.70. The Balaban J connectivity index is 1.64. The Labute approximate surface area is 141 Å². The summed E-state index contributed by atoms with van der Waals surface area (Å²) in [6.45, 7) is 4.22. The minimum Gasteiger partial charge on any atom is -0.357 e. The summed E-state index contributed by atoms with van der Waals surface area (Å²) in [4.78, 5) is 16.5. The highest BCUT2D eigenvalue weighted by atomic mass is 16.1. The number of hydrogen-bond donors (Lipinski definition) is 3. The molecule has 0 bridgehead atoms. The van der Waals surface area contributed by atoms with Crippen LogP contribution in [0.3, 0.4) is 0 Å². The lowest BCUT2D eigenvalue weighted by Crippen LogP contribution is -2.44. The molecule has 2 rings (SSSR count). The number of guanidine groups is 1. The Morgan fingerprint density at radius 3 is 2.39 bits per heavy atom. The van der Waals surface area contributed by atoms with Gasteiger partial charge in [0, 0.05) is 25.6 Å². The number of carbonyl (C=O) groups excluding carboxylic acids is 1. The van der Waals surface area contributed by atoms with Crippen molar-refractivity contribution in [2.75, 3.05) is 19.6 Å². The van der Waals surface area contributed by atoms with E-state index in [1.807, 2.05) is 0 Å². The minimum atomic E-state index is 0.192. The van der Waals surface area contributed by atoms with Gasteiger partial charge in [0.15, 0.2) is 5.96 Å². The van der Waals surface area contributed by atoms with Crippen LogP contribution in [0.4, 0.5) is 0 Å². The zero-order chi connectivity index (χ0) is 16.3. The molecule has 1 amide bonds. The van der Waals surface area contributed by atoms with Gasteiger partial charge in [0.05, 0.1) is 6.54 Å². The molecule has 2 aliphatic carbocycles. The van der Waals surface area contributed by atoms with E-state index in [0.29, 0.717) is 31.5 Å². The van der Waals surface area contributed by atoms with Crippen molar-refractivity contribution in [1.82, 2.24) is 16.0 Å². The van der Waals surface area contributed by atoms with E-state index in [9.17, 15) is 4.79 Å². The molecule has 0 aromatic heterocycles. The van der Waals surface area contributed by atoms with Crippen molar-refractivity contribution in [2.45, 2.75) is 77.2 Å². The summed E-state index contributed by atoms with van der Waals surface area (Å²) in [7, 11) is 0. The maximum absolute atomic E-state index is 11.9. The number of amides is 1. The van der Waals surface area contributed by atoms with Crippen LogP contribution in [0, 0.1) is 5.92 Å². The van der Waals surface area contributed by atoms with Crippen molar-refractivity contribution in [3.63, 3.8) is 0 Å². The smallest absolute Gasteiger partial charge is 0.220 e. The molecular weight excluding hydrogens is 288 g/mol. The predicted octanol–water partition coefficient (Wildman–Crippen LogP) is 2.57. The molecule has 132 valence electrons. The SMILES string of the molecule is CCNC(=NCCNC(=O)CC1CCCC1)NC1CCCCC1. The first-order valence-electron chi connectivity index (χ1n) is 9.59. The molecule has 0 radical (unpaired) electrons. The molecule has 0 unspecified atom stereocenters. The lowest BCUT2D eigenvalue weighted by Gasteiger charge is -2.24. The molecule has 2 saturated carbocycles. The summed E-state index contributed by atoms with van der Waals surface area (Å²) in [6.07, 6.45) is 12.2. The third kappa shape index (κ3) is 7.23. The van der Waals surface area contributed by atoms with Crippen molar-refractivity contribution in [3.05, 3.63) is 0 Å². The van der Waals surface area contributed by atoms with E-state index in [0.717, 1.165) is 12.5 Å². The Hall–Kier alpha value is -1.26. The Kier molecular flexibility index (Phi) is 8.26. The topological polar surface area (TPSA) is 65.5 Å². The predicted molar refractivity (Wildman–Crippen MR) is 95.6 cm³/mol. The van der Waals surface area contributed by atoms with E-state index in [4.69, 9.17) is 0 Å². The van der Waals surface area contributed by atoms with E-state index >= 15 is 0 Å². The van der Waals surface area contributed by atoms with Crippen molar-refractivity contribution < 1.29 is 4.79 Å². The van der Waals surface area contributed by atoms with Crippen LogP contribution < -0.4 is 16.0 Å². The number of hydrogen-bond acceptors (Lipinski definition) is 2. The molecule has 3 N–H and O–H groups in total. The molecule has 0 aromatic carbocycles. The molecule has 2 aliphatic rings. The number of aliphatic imine (C=N–C) groups is 1. The summed E-state index contributed by atoms with van der Waals surface area (Å²) in [6, 6.07) is 0.554. The highest BCUT2D eigenvalue weighted by Crippen LogP contribution is 2.27. The number of nitrogens with one attached hydrogen (secondary N) is 3. The summed E-state index contributed by atoms with van der Waals surface area (Å²) < 4.78 is 0. The van der Waals surface area contributed by atoms with E-state index in [-0.39, 0.29) is 5.91 Å². The van der Waals surface area contributed by atoms with E-state index in [1.165, 1.54) is 57.8 Å². The average molecular weight is 322 g/mol. The molecule has 0 saturated heterocycles. The fourth-order valence-corrected chi connectivity index (χ4v) is 3.67. The molecular formula is C18H34N4O. The number of carbonyl (C=O) groups is 1. The lowest BCUT2D eigenvalue weighted by atomic mass is 9.96. The first-order chi connectivity index (χ1) is 11.3. The van der Waals surface area contributed by atoms with Gasteiger partial charge in [-0.2, -0.15) is 0 Å². The van der Waals surface area contributed by atoms with Crippen LogP contribution in [-0.2, 0) is 4.79 Å². The minimum absolute atomic E-state index is 0.192. The van der Waals surface area contributed by atoms with E-state index in [1.54, 1.807) is 0 Å². The largest absolute Gasteiger partial charge is 0.357 e. The quantitative estimate of drug-likeness (QED) is 0.383. The van der Waals surface area contributed by atoms with Gasteiger partial charge < -0.3 is 16.0 Å². The van der Waals surface area contributed by atoms with Crippen LogP contribution in [-0.4, -0.2) is 37.5 Å². The van der Waals surface area contributed by atoms with Gasteiger partial charge in [0.2, 0.25) is 5.91 Å². The van der Waals surface area contributed by atoms with Crippen LogP contribution >= 0.6 is 0 Å². The lowest BCUT2D eigenvalue weighted by molar-refractivity contribution is -0.121. The maximum atomic E-state index is 11.9. The zero-order valence-electron chi connectivity index (χ0n) is 14.7. The van der Waals surface area contributed by atoms with Crippen molar-refractivity contribution in [1.29, 1.82) is 0 Å². The van der Waals surface area contributed by atoms with Crippen LogP contribution in [0.2, 0.25) is 0 Å². The fraction of sp³-hybridized carbons (Fsp3) is 0.889. The van der Waals surface area contributed by atoms with Crippen LogP contribution in [0.1, 0.15) is 71.1 Å².